The number of anilines is 2. The van der Waals surface area contributed by atoms with Crippen molar-refractivity contribution in [3.63, 3.8) is 0 Å². The molecular formula is C19H21F3N4O2. The number of rotatable bonds is 5. The van der Waals surface area contributed by atoms with Gasteiger partial charge in [-0.25, -0.2) is 4.98 Å². The molecule has 150 valence electrons. The molecule has 0 atom stereocenters. The second kappa shape index (κ2) is 6.97. The van der Waals surface area contributed by atoms with Gasteiger partial charge in [0.15, 0.2) is 5.60 Å². The predicted molar refractivity (Wildman–Crippen MR) is 100 cm³/mol. The fourth-order valence-corrected chi connectivity index (χ4v) is 2.93. The Kier molecular flexibility index (Phi) is 4.97. The van der Waals surface area contributed by atoms with Crippen molar-refractivity contribution in [2.24, 2.45) is 0 Å². The average Bonchev–Trinajstić information content (AvgIpc) is 2.58. The molecule has 1 aliphatic heterocycles. The first-order chi connectivity index (χ1) is 13.0. The molecule has 1 fully saturated rings. The highest BCUT2D eigenvalue weighted by molar-refractivity contribution is 6.14. The predicted octanol–water partition coefficient (Wildman–Crippen LogP) is 2.98. The van der Waals surface area contributed by atoms with Crippen molar-refractivity contribution in [1.82, 2.24) is 4.98 Å². The van der Waals surface area contributed by atoms with Gasteiger partial charge in [0.05, 0.1) is 24.9 Å². The van der Waals surface area contributed by atoms with Gasteiger partial charge in [0.1, 0.15) is 11.6 Å². The summed E-state index contributed by atoms with van der Waals surface area (Å²) in [7, 11) is 0. The molecule has 2 heterocycles. The molecule has 0 spiro atoms. The fourth-order valence-electron chi connectivity index (χ4n) is 2.93. The van der Waals surface area contributed by atoms with Crippen molar-refractivity contribution in [2.75, 3.05) is 23.7 Å². The number of β-amino-alcohol motifs (C(OH)–C–C–N with tert-alkyl or cyclic N) is 1. The summed E-state index contributed by atoms with van der Waals surface area (Å²) in [6.45, 7) is 2.57. The quantitative estimate of drug-likeness (QED) is 0.535. The van der Waals surface area contributed by atoms with Crippen LogP contribution in [0.1, 0.15) is 25.0 Å². The van der Waals surface area contributed by atoms with Crippen LogP contribution < -0.4 is 15.4 Å². The number of nitrogen functional groups attached to an aromatic ring is 1. The Morgan fingerprint density at radius 2 is 1.96 bits per heavy atom. The van der Waals surface area contributed by atoms with Crippen LogP contribution in [0.3, 0.4) is 0 Å². The summed E-state index contributed by atoms with van der Waals surface area (Å²) in [6, 6.07) is 8.10. The molecule has 0 saturated carbocycles. The summed E-state index contributed by atoms with van der Waals surface area (Å²) in [6.07, 6.45) is -3.33. The molecule has 9 heteroatoms. The van der Waals surface area contributed by atoms with Crippen molar-refractivity contribution >= 4 is 17.2 Å². The smallest absolute Gasteiger partial charge is 0.420 e. The zero-order valence-corrected chi connectivity index (χ0v) is 15.4. The number of alkyl halides is 3. The maximum Gasteiger partial charge on any atom is 0.420 e. The highest BCUT2D eigenvalue weighted by Gasteiger charge is 2.61. The zero-order valence-electron chi connectivity index (χ0n) is 15.4. The summed E-state index contributed by atoms with van der Waals surface area (Å²) in [5.74, 6) is 0.820. The van der Waals surface area contributed by atoms with Gasteiger partial charge in [0.2, 0.25) is 0 Å². The number of nitrogens with zero attached hydrogens (tertiary/aromatic N) is 2. The van der Waals surface area contributed by atoms with Crippen LogP contribution in [0.4, 0.5) is 24.7 Å². The summed E-state index contributed by atoms with van der Waals surface area (Å²) in [5, 5.41) is 18.1. The summed E-state index contributed by atoms with van der Waals surface area (Å²) in [5.41, 5.74) is 4.64. The number of halogens is 3. The minimum atomic E-state index is -4.70. The van der Waals surface area contributed by atoms with Crippen molar-refractivity contribution in [3.05, 3.63) is 47.7 Å². The molecule has 1 saturated heterocycles. The van der Waals surface area contributed by atoms with E-state index < -0.39 is 24.9 Å². The fraction of sp³-hybridized carbons (Fsp3) is 0.368. The zero-order chi connectivity index (χ0) is 20.7. The van der Waals surface area contributed by atoms with Gasteiger partial charge in [-0.15, -0.1) is 0 Å². The van der Waals surface area contributed by atoms with Crippen molar-refractivity contribution in [3.8, 4) is 5.75 Å². The van der Waals surface area contributed by atoms with Gasteiger partial charge in [0, 0.05) is 23.0 Å². The molecule has 1 aromatic carbocycles. The van der Waals surface area contributed by atoms with E-state index in [9.17, 15) is 18.3 Å². The average molecular weight is 394 g/mol. The van der Waals surface area contributed by atoms with Gasteiger partial charge < -0.3 is 20.5 Å². The number of nitrogens with two attached hydrogens (primary N) is 1. The Balaban J connectivity index is 1.82. The number of benzene rings is 1. The maximum atomic E-state index is 12.8. The Morgan fingerprint density at radius 3 is 2.57 bits per heavy atom. The van der Waals surface area contributed by atoms with E-state index in [0.29, 0.717) is 22.6 Å². The molecule has 0 amide bonds. The summed E-state index contributed by atoms with van der Waals surface area (Å²) < 4.78 is 44.1. The molecule has 0 unspecified atom stereocenters. The molecule has 28 heavy (non-hydrogen) atoms. The lowest BCUT2D eigenvalue weighted by molar-refractivity contribution is -0.267. The Labute approximate surface area is 160 Å². The molecule has 0 radical (unpaired) electrons. The molecule has 2 aromatic rings. The van der Waals surface area contributed by atoms with E-state index in [-0.39, 0.29) is 17.6 Å². The highest BCUT2D eigenvalue weighted by atomic mass is 19.4. The van der Waals surface area contributed by atoms with Crippen molar-refractivity contribution in [2.45, 2.75) is 31.7 Å². The SMILES string of the molecule is CC(C)Oc1ccc(N)c(C(=N)c2ccnc(N3CC(O)(C(F)(F)F)C3)c2)c1. The van der Waals surface area contributed by atoms with E-state index in [0.717, 1.165) is 0 Å². The molecule has 4 N–H and O–H groups in total. The van der Waals surface area contributed by atoms with Gasteiger partial charge in [-0.05, 0) is 44.2 Å². The number of hydrogen-bond donors (Lipinski definition) is 3. The van der Waals surface area contributed by atoms with Crippen LogP contribution in [-0.4, -0.2) is 46.8 Å². The minimum absolute atomic E-state index is 0.0445. The first kappa shape index (κ1) is 19.9. The van der Waals surface area contributed by atoms with E-state index in [1.807, 2.05) is 13.8 Å². The molecule has 0 aliphatic carbocycles. The molecule has 3 rings (SSSR count). The summed E-state index contributed by atoms with van der Waals surface area (Å²) in [4.78, 5) is 5.37. The number of pyridine rings is 1. The van der Waals surface area contributed by atoms with Crippen LogP contribution in [0.25, 0.3) is 0 Å². The standard InChI is InChI=1S/C19H21F3N4O2/c1-11(2)28-13-3-4-15(23)14(8-13)17(24)12-5-6-25-16(7-12)26-9-18(27,10-26)19(20,21)22/h3-8,11,24,27H,9-10,23H2,1-2H3. The van der Waals surface area contributed by atoms with E-state index in [4.69, 9.17) is 15.9 Å². The third-order valence-corrected chi connectivity index (χ3v) is 4.46. The second-order valence-electron chi connectivity index (χ2n) is 7.08. The molecule has 6 nitrogen and oxygen atoms in total. The third kappa shape index (κ3) is 3.75. The van der Waals surface area contributed by atoms with Crippen molar-refractivity contribution in [1.29, 1.82) is 5.41 Å². The van der Waals surface area contributed by atoms with Crippen LogP contribution in [-0.2, 0) is 0 Å². The van der Waals surface area contributed by atoms with Crippen LogP contribution in [0.5, 0.6) is 5.75 Å². The molecular weight excluding hydrogens is 373 g/mol. The largest absolute Gasteiger partial charge is 0.491 e. The number of nitrogens with one attached hydrogen (secondary N) is 1. The van der Waals surface area contributed by atoms with Gasteiger partial charge in [-0.3, -0.25) is 5.41 Å². The Hall–Kier alpha value is -2.81. The normalized spacial score (nSPS) is 16.0. The highest BCUT2D eigenvalue weighted by Crippen LogP contribution is 2.39. The monoisotopic (exact) mass is 394 g/mol. The van der Waals surface area contributed by atoms with E-state index in [1.165, 1.54) is 17.2 Å². The first-order valence-corrected chi connectivity index (χ1v) is 8.66. The van der Waals surface area contributed by atoms with Crippen molar-refractivity contribution < 1.29 is 23.0 Å². The lowest BCUT2D eigenvalue weighted by Crippen LogP contribution is -2.69. The van der Waals surface area contributed by atoms with Crippen LogP contribution >= 0.6 is 0 Å². The number of ether oxygens (including phenoxy) is 1. The maximum absolute atomic E-state index is 12.8. The second-order valence-corrected chi connectivity index (χ2v) is 7.08. The first-order valence-electron chi connectivity index (χ1n) is 8.66. The lowest BCUT2D eigenvalue weighted by atomic mass is 9.93. The lowest BCUT2D eigenvalue weighted by Gasteiger charge is -2.47. The minimum Gasteiger partial charge on any atom is -0.491 e. The molecule has 1 aromatic heterocycles. The van der Waals surface area contributed by atoms with Crippen LogP contribution in [0, 0.1) is 5.41 Å². The van der Waals surface area contributed by atoms with Gasteiger partial charge in [-0.2, -0.15) is 13.2 Å². The molecule has 1 aliphatic rings. The number of aromatic nitrogens is 1. The van der Waals surface area contributed by atoms with Gasteiger partial charge in [0.25, 0.3) is 0 Å². The third-order valence-electron chi connectivity index (χ3n) is 4.46. The Morgan fingerprint density at radius 1 is 1.29 bits per heavy atom. The summed E-state index contributed by atoms with van der Waals surface area (Å²) >= 11 is 0. The van der Waals surface area contributed by atoms with Crippen LogP contribution in [0.2, 0.25) is 0 Å². The van der Waals surface area contributed by atoms with E-state index in [1.54, 1.807) is 24.3 Å². The van der Waals surface area contributed by atoms with Gasteiger partial charge >= 0.3 is 6.18 Å². The van der Waals surface area contributed by atoms with Crippen LogP contribution in [0.15, 0.2) is 36.5 Å². The van der Waals surface area contributed by atoms with Gasteiger partial charge in [-0.1, -0.05) is 0 Å². The number of hydrogen-bond acceptors (Lipinski definition) is 6. The number of aliphatic hydroxyl groups is 1. The van der Waals surface area contributed by atoms with E-state index >= 15 is 0 Å². The topological polar surface area (TPSA) is 95.5 Å². The van der Waals surface area contributed by atoms with E-state index in [2.05, 4.69) is 4.98 Å². The molecule has 0 bridgehead atoms. The Bertz CT molecular complexity index is 893.